The molecule has 5 nitrogen and oxygen atoms in total. The molecular formula is C21H21NO4. The molecule has 2 aromatic carbocycles. The third-order valence-electron chi connectivity index (χ3n) is 4.17. The van der Waals surface area contributed by atoms with Crippen LogP contribution in [-0.4, -0.2) is 25.1 Å². The van der Waals surface area contributed by atoms with Gasteiger partial charge in [0.1, 0.15) is 12.4 Å². The number of amides is 1. The number of hydrogen-bond donors (Lipinski definition) is 1. The van der Waals surface area contributed by atoms with Gasteiger partial charge in [-0.25, -0.2) is 4.79 Å². The maximum atomic E-state index is 12.2. The summed E-state index contributed by atoms with van der Waals surface area (Å²) in [5.41, 5.74) is 5.05. The van der Waals surface area contributed by atoms with Crippen LogP contribution in [-0.2, 0) is 14.3 Å². The molecule has 1 aliphatic rings. The van der Waals surface area contributed by atoms with Gasteiger partial charge in [0.2, 0.25) is 0 Å². The fourth-order valence-electron chi connectivity index (χ4n) is 3.01. The lowest BCUT2D eigenvalue weighted by Gasteiger charge is -2.17. The molecule has 1 N–H and O–H groups in total. The monoisotopic (exact) mass is 351 g/mol. The number of esters is 1. The number of carbonyl (C=O) groups excluding carboxylic acids is 2. The Kier molecular flexibility index (Phi) is 5.07. The first-order valence-corrected chi connectivity index (χ1v) is 8.41. The van der Waals surface area contributed by atoms with Crippen LogP contribution in [0.15, 0.2) is 42.0 Å². The minimum atomic E-state index is -0.549. The first kappa shape index (κ1) is 17.7. The van der Waals surface area contributed by atoms with Gasteiger partial charge in [-0.15, -0.1) is 0 Å². The molecule has 26 heavy (non-hydrogen) atoms. The van der Waals surface area contributed by atoms with Crippen molar-refractivity contribution >= 4 is 23.6 Å². The Morgan fingerprint density at radius 2 is 1.81 bits per heavy atom. The molecule has 0 radical (unpaired) electrons. The van der Waals surface area contributed by atoms with E-state index in [1.54, 1.807) is 6.08 Å². The highest BCUT2D eigenvalue weighted by atomic mass is 16.5. The van der Waals surface area contributed by atoms with Crippen LogP contribution < -0.4 is 10.1 Å². The molecule has 5 heteroatoms. The van der Waals surface area contributed by atoms with Crippen molar-refractivity contribution in [2.75, 3.05) is 18.5 Å². The van der Waals surface area contributed by atoms with Crippen LogP contribution in [0, 0.1) is 20.8 Å². The van der Waals surface area contributed by atoms with Crippen LogP contribution in [0.4, 0.5) is 5.69 Å². The second-order valence-corrected chi connectivity index (χ2v) is 6.39. The van der Waals surface area contributed by atoms with Crippen molar-refractivity contribution in [1.29, 1.82) is 0 Å². The van der Waals surface area contributed by atoms with E-state index in [4.69, 9.17) is 9.47 Å². The van der Waals surface area contributed by atoms with E-state index in [-0.39, 0.29) is 19.1 Å². The van der Waals surface area contributed by atoms with E-state index in [1.165, 1.54) is 0 Å². The molecule has 1 heterocycles. The van der Waals surface area contributed by atoms with E-state index in [9.17, 15) is 9.59 Å². The highest BCUT2D eigenvalue weighted by molar-refractivity contribution is 5.98. The van der Waals surface area contributed by atoms with Crippen LogP contribution >= 0.6 is 0 Å². The van der Waals surface area contributed by atoms with E-state index in [0.717, 1.165) is 33.7 Å². The fourth-order valence-corrected chi connectivity index (χ4v) is 3.01. The number of fused-ring (bicyclic) bond motifs is 1. The summed E-state index contributed by atoms with van der Waals surface area (Å²) in [5.74, 6) is -0.190. The number of carbonyl (C=O) groups is 2. The van der Waals surface area contributed by atoms with E-state index in [2.05, 4.69) is 5.32 Å². The highest BCUT2D eigenvalue weighted by Gasteiger charge is 2.19. The van der Waals surface area contributed by atoms with Crippen molar-refractivity contribution in [2.45, 2.75) is 20.8 Å². The summed E-state index contributed by atoms with van der Waals surface area (Å²) in [6.07, 6.45) is 1.73. The van der Waals surface area contributed by atoms with Crippen LogP contribution in [0.5, 0.6) is 5.75 Å². The third-order valence-corrected chi connectivity index (χ3v) is 4.17. The van der Waals surface area contributed by atoms with Gasteiger partial charge in [0.05, 0.1) is 5.57 Å². The molecule has 0 saturated carbocycles. The molecule has 2 aromatic rings. The summed E-state index contributed by atoms with van der Waals surface area (Å²) >= 11 is 0. The molecule has 1 amide bonds. The van der Waals surface area contributed by atoms with Gasteiger partial charge in [0.25, 0.3) is 5.91 Å². The standard InChI is InChI=1S/C21H21NO4/c1-13-8-14(2)20(15(3)9-13)22-19(23)12-26-21(24)17-10-16-6-4-5-7-18(16)25-11-17/h4-10H,11-12H2,1-3H3,(H,22,23). The highest BCUT2D eigenvalue weighted by Crippen LogP contribution is 2.26. The first-order chi connectivity index (χ1) is 12.4. The maximum absolute atomic E-state index is 12.2. The van der Waals surface area contributed by atoms with Crippen molar-refractivity contribution in [3.05, 3.63) is 64.2 Å². The quantitative estimate of drug-likeness (QED) is 0.856. The van der Waals surface area contributed by atoms with Crippen molar-refractivity contribution < 1.29 is 19.1 Å². The van der Waals surface area contributed by atoms with E-state index >= 15 is 0 Å². The van der Waals surface area contributed by atoms with Gasteiger partial charge in [-0.1, -0.05) is 35.9 Å². The third kappa shape index (κ3) is 3.94. The topological polar surface area (TPSA) is 64.6 Å². The number of aryl methyl sites for hydroxylation is 3. The molecule has 0 unspecified atom stereocenters. The van der Waals surface area contributed by atoms with Gasteiger partial charge in [0.15, 0.2) is 6.61 Å². The van der Waals surface area contributed by atoms with Crippen molar-refractivity contribution in [2.24, 2.45) is 0 Å². The van der Waals surface area contributed by atoms with E-state index < -0.39 is 5.97 Å². The van der Waals surface area contributed by atoms with E-state index in [0.29, 0.717) is 5.57 Å². The molecule has 1 aliphatic heterocycles. The van der Waals surface area contributed by atoms with Crippen LogP contribution in [0.3, 0.4) is 0 Å². The minimum Gasteiger partial charge on any atom is -0.488 e. The Hall–Kier alpha value is -3.08. The molecular weight excluding hydrogens is 330 g/mol. The average Bonchev–Trinajstić information content (AvgIpc) is 2.62. The molecule has 0 atom stereocenters. The van der Waals surface area contributed by atoms with Crippen molar-refractivity contribution in [3.63, 3.8) is 0 Å². The number of anilines is 1. The predicted molar refractivity (Wildman–Crippen MR) is 100 cm³/mol. The summed E-state index contributed by atoms with van der Waals surface area (Å²) in [7, 11) is 0. The molecule has 0 saturated heterocycles. The molecule has 0 spiro atoms. The number of rotatable bonds is 4. The summed E-state index contributed by atoms with van der Waals surface area (Å²) in [6.45, 7) is 5.66. The number of ether oxygens (including phenoxy) is 2. The Morgan fingerprint density at radius 1 is 1.12 bits per heavy atom. The largest absolute Gasteiger partial charge is 0.488 e. The molecule has 0 bridgehead atoms. The van der Waals surface area contributed by atoms with Gasteiger partial charge in [-0.3, -0.25) is 4.79 Å². The van der Waals surface area contributed by atoms with Gasteiger partial charge in [-0.05, 0) is 44.0 Å². The summed E-state index contributed by atoms with van der Waals surface area (Å²) < 4.78 is 10.7. The summed E-state index contributed by atoms with van der Waals surface area (Å²) in [4.78, 5) is 24.3. The molecule has 0 aromatic heterocycles. The van der Waals surface area contributed by atoms with Crippen LogP contribution in [0.25, 0.3) is 6.08 Å². The molecule has 134 valence electrons. The van der Waals surface area contributed by atoms with Gasteiger partial charge < -0.3 is 14.8 Å². The van der Waals surface area contributed by atoms with Crippen molar-refractivity contribution in [3.8, 4) is 5.75 Å². The number of hydrogen-bond acceptors (Lipinski definition) is 4. The number of nitrogens with one attached hydrogen (secondary N) is 1. The van der Waals surface area contributed by atoms with Crippen LogP contribution in [0.2, 0.25) is 0 Å². The lowest BCUT2D eigenvalue weighted by Crippen LogP contribution is -2.24. The number of benzene rings is 2. The van der Waals surface area contributed by atoms with Gasteiger partial charge in [0, 0.05) is 11.3 Å². The average molecular weight is 351 g/mol. The second kappa shape index (κ2) is 7.44. The normalized spacial score (nSPS) is 12.5. The molecule has 0 fully saturated rings. The minimum absolute atomic E-state index is 0.133. The van der Waals surface area contributed by atoms with E-state index in [1.807, 2.05) is 57.2 Å². The number of para-hydroxylation sites is 1. The first-order valence-electron chi connectivity index (χ1n) is 8.41. The smallest absolute Gasteiger partial charge is 0.338 e. The summed E-state index contributed by atoms with van der Waals surface area (Å²) in [6, 6.07) is 11.4. The molecule has 3 rings (SSSR count). The Labute approximate surface area is 152 Å². The van der Waals surface area contributed by atoms with Crippen molar-refractivity contribution in [1.82, 2.24) is 0 Å². The predicted octanol–water partition coefficient (Wildman–Crippen LogP) is 3.57. The Balaban J connectivity index is 1.60. The van der Waals surface area contributed by atoms with Crippen LogP contribution in [0.1, 0.15) is 22.3 Å². The fraction of sp³-hybridized carbons (Fsp3) is 0.238. The SMILES string of the molecule is Cc1cc(C)c(NC(=O)COC(=O)C2=Cc3ccccc3OC2)c(C)c1. The summed E-state index contributed by atoms with van der Waals surface area (Å²) in [5, 5.41) is 2.81. The maximum Gasteiger partial charge on any atom is 0.338 e. The Bertz CT molecular complexity index is 876. The zero-order chi connectivity index (χ0) is 18.7. The lowest BCUT2D eigenvalue weighted by atomic mass is 10.1. The lowest BCUT2D eigenvalue weighted by molar-refractivity contribution is -0.143. The second-order valence-electron chi connectivity index (χ2n) is 6.39. The molecule has 0 aliphatic carbocycles. The zero-order valence-corrected chi connectivity index (χ0v) is 15.1. The van der Waals surface area contributed by atoms with Gasteiger partial charge in [-0.2, -0.15) is 0 Å². The zero-order valence-electron chi connectivity index (χ0n) is 15.1. The Morgan fingerprint density at radius 3 is 2.54 bits per heavy atom. The van der Waals surface area contributed by atoms with Gasteiger partial charge >= 0.3 is 5.97 Å².